The standard InChI is InChI=1S/C10H9ClN2O/c1-3-4-10(14)13-8-6-12-9(11)5-7(8)2/h1,5-6H,4H2,2H3,(H,13,14). The first-order chi connectivity index (χ1) is 6.63. The summed E-state index contributed by atoms with van der Waals surface area (Å²) in [7, 11) is 0. The number of carbonyl (C=O) groups is 1. The molecule has 0 atom stereocenters. The molecule has 1 heterocycles. The summed E-state index contributed by atoms with van der Waals surface area (Å²) in [6.45, 7) is 1.83. The van der Waals surface area contributed by atoms with Gasteiger partial charge in [-0.2, -0.15) is 0 Å². The van der Waals surface area contributed by atoms with E-state index >= 15 is 0 Å². The van der Waals surface area contributed by atoms with E-state index in [4.69, 9.17) is 18.0 Å². The molecule has 14 heavy (non-hydrogen) atoms. The van der Waals surface area contributed by atoms with Crippen molar-refractivity contribution in [3.8, 4) is 12.3 Å². The van der Waals surface area contributed by atoms with Gasteiger partial charge in [-0.3, -0.25) is 4.79 Å². The Balaban J connectivity index is 2.78. The van der Waals surface area contributed by atoms with E-state index < -0.39 is 0 Å². The summed E-state index contributed by atoms with van der Waals surface area (Å²) in [5.74, 6) is 2.04. The van der Waals surface area contributed by atoms with Crippen molar-refractivity contribution in [2.75, 3.05) is 5.32 Å². The predicted molar refractivity (Wildman–Crippen MR) is 56.1 cm³/mol. The fraction of sp³-hybridized carbons (Fsp3) is 0.200. The molecule has 4 heteroatoms. The first kappa shape index (κ1) is 10.6. The number of hydrogen-bond donors (Lipinski definition) is 1. The minimum absolute atomic E-state index is 0.0576. The van der Waals surface area contributed by atoms with E-state index in [2.05, 4.69) is 16.2 Å². The minimum atomic E-state index is -0.222. The molecule has 3 nitrogen and oxygen atoms in total. The Morgan fingerprint density at radius 1 is 1.79 bits per heavy atom. The third-order valence-corrected chi connectivity index (χ3v) is 1.82. The molecule has 0 aliphatic rings. The number of anilines is 1. The van der Waals surface area contributed by atoms with E-state index in [1.807, 2.05) is 6.92 Å². The lowest BCUT2D eigenvalue weighted by Gasteiger charge is -2.05. The first-order valence-corrected chi connectivity index (χ1v) is 4.36. The van der Waals surface area contributed by atoms with Gasteiger partial charge in [0.05, 0.1) is 18.3 Å². The Hall–Kier alpha value is -1.53. The molecule has 1 amide bonds. The van der Waals surface area contributed by atoms with Crippen molar-refractivity contribution in [1.29, 1.82) is 0 Å². The van der Waals surface area contributed by atoms with E-state index in [9.17, 15) is 4.79 Å². The van der Waals surface area contributed by atoms with E-state index in [1.54, 1.807) is 6.07 Å². The average molecular weight is 209 g/mol. The molecule has 1 aromatic rings. The zero-order valence-electron chi connectivity index (χ0n) is 7.67. The summed E-state index contributed by atoms with van der Waals surface area (Å²) < 4.78 is 0. The van der Waals surface area contributed by atoms with Crippen molar-refractivity contribution < 1.29 is 4.79 Å². The van der Waals surface area contributed by atoms with Crippen LogP contribution in [0.2, 0.25) is 5.15 Å². The second kappa shape index (κ2) is 4.64. The van der Waals surface area contributed by atoms with Gasteiger partial charge in [-0.15, -0.1) is 6.42 Å². The summed E-state index contributed by atoms with van der Waals surface area (Å²) in [6, 6.07) is 1.67. The predicted octanol–water partition coefficient (Wildman–Crippen LogP) is 2.01. The maximum Gasteiger partial charge on any atom is 0.236 e. The lowest BCUT2D eigenvalue weighted by Crippen LogP contribution is -2.11. The molecular formula is C10H9ClN2O. The second-order valence-corrected chi connectivity index (χ2v) is 3.14. The van der Waals surface area contributed by atoms with Crippen LogP contribution in [-0.2, 0) is 4.79 Å². The highest BCUT2D eigenvalue weighted by molar-refractivity contribution is 6.29. The molecule has 0 saturated heterocycles. The van der Waals surface area contributed by atoms with Gasteiger partial charge in [-0.25, -0.2) is 4.98 Å². The summed E-state index contributed by atoms with van der Waals surface area (Å²) in [6.07, 6.45) is 6.56. The van der Waals surface area contributed by atoms with Gasteiger partial charge in [-0.05, 0) is 18.6 Å². The van der Waals surface area contributed by atoms with Gasteiger partial charge in [0.1, 0.15) is 5.15 Å². The number of rotatable bonds is 2. The topological polar surface area (TPSA) is 42.0 Å². The van der Waals surface area contributed by atoms with Crippen molar-refractivity contribution in [2.24, 2.45) is 0 Å². The van der Waals surface area contributed by atoms with Crippen molar-refractivity contribution in [1.82, 2.24) is 4.98 Å². The first-order valence-electron chi connectivity index (χ1n) is 3.99. The number of aryl methyl sites for hydroxylation is 1. The zero-order valence-corrected chi connectivity index (χ0v) is 8.43. The molecule has 1 rings (SSSR count). The van der Waals surface area contributed by atoms with Crippen molar-refractivity contribution in [3.63, 3.8) is 0 Å². The normalized spacial score (nSPS) is 9.21. The van der Waals surface area contributed by atoms with Crippen LogP contribution in [0.25, 0.3) is 0 Å². The number of nitrogens with zero attached hydrogens (tertiary/aromatic N) is 1. The Kier molecular flexibility index (Phi) is 3.49. The van der Waals surface area contributed by atoms with Crippen LogP contribution in [0.15, 0.2) is 12.3 Å². The third-order valence-electron chi connectivity index (χ3n) is 1.61. The van der Waals surface area contributed by atoms with E-state index in [0.29, 0.717) is 10.8 Å². The molecule has 0 saturated carbocycles. The van der Waals surface area contributed by atoms with E-state index in [-0.39, 0.29) is 12.3 Å². The number of hydrogen-bond acceptors (Lipinski definition) is 2. The van der Waals surface area contributed by atoms with Crippen molar-refractivity contribution in [2.45, 2.75) is 13.3 Å². The number of nitrogens with one attached hydrogen (secondary N) is 1. The number of pyridine rings is 1. The lowest BCUT2D eigenvalue weighted by molar-refractivity contribution is -0.115. The van der Waals surface area contributed by atoms with Gasteiger partial charge in [0, 0.05) is 0 Å². The van der Waals surface area contributed by atoms with Crippen molar-refractivity contribution >= 4 is 23.2 Å². The molecule has 0 unspecified atom stereocenters. The number of terminal acetylenes is 1. The van der Waals surface area contributed by atoms with Crippen molar-refractivity contribution in [3.05, 3.63) is 23.0 Å². The highest BCUT2D eigenvalue weighted by atomic mass is 35.5. The van der Waals surface area contributed by atoms with Gasteiger partial charge in [0.15, 0.2) is 0 Å². The molecule has 72 valence electrons. The molecule has 0 fully saturated rings. The molecule has 1 N–H and O–H groups in total. The lowest BCUT2D eigenvalue weighted by atomic mass is 10.2. The summed E-state index contributed by atoms with van der Waals surface area (Å²) in [5.41, 5.74) is 1.49. The minimum Gasteiger partial charge on any atom is -0.324 e. The molecule has 0 bridgehead atoms. The monoisotopic (exact) mass is 208 g/mol. The Morgan fingerprint density at radius 3 is 3.07 bits per heavy atom. The molecule has 0 aromatic carbocycles. The molecule has 0 radical (unpaired) electrons. The number of carbonyl (C=O) groups excluding carboxylic acids is 1. The maximum absolute atomic E-state index is 11.1. The van der Waals surface area contributed by atoms with Crippen LogP contribution in [0.3, 0.4) is 0 Å². The van der Waals surface area contributed by atoms with Gasteiger partial charge >= 0.3 is 0 Å². The largest absolute Gasteiger partial charge is 0.324 e. The average Bonchev–Trinajstić information content (AvgIpc) is 2.10. The van der Waals surface area contributed by atoms with Crippen LogP contribution in [0, 0.1) is 19.3 Å². The molecule has 0 spiro atoms. The highest BCUT2D eigenvalue weighted by Crippen LogP contribution is 2.16. The van der Waals surface area contributed by atoms with Crippen LogP contribution in [0.1, 0.15) is 12.0 Å². The smallest absolute Gasteiger partial charge is 0.236 e. The number of aromatic nitrogens is 1. The SMILES string of the molecule is C#CCC(=O)Nc1cnc(Cl)cc1C. The van der Waals surface area contributed by atoms with E-state index in [0.717, 1.165) is 5.56 Å². The molecule has 1 aromatic heterocycles. The van der Waals surface area contributed by atoms with Gasteiger partial charge < -0.3 is 5.32 Å². The third kappa shape index (κ3) is 2.75. The van der Waals surface area contributed by atoms with E-state index in [1.165, 1.54) is 6.20 Å². The molecule has 0 aliphatic heterocycles. The fourth-order valence-corrected chi connectivity index (χ4v) is 1.15. The fourth-order valence-electron chi connectivity index (χ4n) is 0.940. The van der Waals surface area contributed by atoms with Crippen LogP contribution in [-0.4, -0.2) is 10.9 Å². The van der Waals surface area contributed by atoms with Gasteiger partial charge in [0.25, 0.3) is 0 Å². The zero-order chi connectivity index (χ0) is 10.6. The Morgan fingerprint density at radius 2 is 2.50 bits per heavy atom. The number of amides is 1. The maximum atomic E-state index is 11.1. The van der Waals surface area contributed by atoms with Crippen LogP contribution < -0.4 is 5.32 Å². The quantitative estimate of drug-likeness (QED) is 0.597. The van der Waals surface area contributed by atoms with Crippen LogP contribution in [0.4, 0.5) is 5.69 Å². The van der Waals surface area contributed by atoms with Gasteiger partial charge in [-0.1, -0.05) is 17.5 Å². The summed E-state index contributed by atoms with van der Waals surface area (Å²) >= 11 is 5.66. The Bertz CT molecular complexity index is 396. The van der Waals surface area contributed by atoms with Crippen LogP contribution in [0.5, 0.6) is 0 Å². The second-order valence-electron chi connectivity index (χ2n) is 2.75. The molecule has 0 aliphatic carbocycles. The Labute approximate surface area is 87.5 Å². The van der Waals surface area contributed by atoms with Gasteiger partial charge in [0.2, 0.25) is 5.91 Å². The highest BCUT2D eigenvalue weighted by Gasteiger charge is 2.03. The summed E-state index contributed by atoms with van der Waals surface area (Å²) in [5, 5.41) is 3.04. The summed E-state index contributed by atoms with van der Waals surface area (Å²) in [4.78, 5) is 15.0. The molecular weight excluding hydrogens is 200 g/mol. The van der Waals surface area contributed by atoms with Crippen LogP contribution >= 0.6 is 11.6 Å². The number of halogens is 1.